The zero-order valence-corrected chi connectivity index (χ0v) is 12.8. The number of nitrogens with zero attached hydrogens (tertiary/aromatic N) is 2. The molecule has 3 aliphatic rings. The maximum Gasteiger partial charge on any atom is 0.317 e. The molecule has 3 fully saturated rings. The molecule has 2 heterocycles. The van der Waals surface area contributed by atoms with E-state index < -0.39 is 0 Å². The predicted octanol–water partition coefficient (Wildman–Crippen LogP) is 1.44. The van der Waals surface area contributed by atoms with Crippen molar-refractivity contribution in [2.45, 2.75) is 37.6 Å². The number of fused-ring (bicyclic) bond motifs is 1. The van der Waals surface area contributed by atoms with Crippen molar-refractivity contribution >= 4 is 6.03 Å². The van der Waals surface area contributed by atoms with E-state index in [1.165, 1.54) is 5.56 Å². The zero-order valence-electron chi connectivity index (χ0n) is 12.8. The average molecular weight is 301 g/mol. The van der Waals surface area contributed by atoms with Crippen molar-refractivity contribution in [2.75, 3.05) is 26.2 Å². The number of benzene rings is 1. The Labute approximate surface area is 131 Å². The lowest BCUT2D eigenvalue weighted by molar-refractivity contribution is -0.0503. The third kappa shape index (κ3) is 2.96. The third-order valence-electron chi connectivity index (χ3n) is 4.84. The van der Waals surface area contributed by atoms with Crippen LogP contribution in [0.1, 0.15) is 18.4 Å². The van der Waals surface area contributed by atoms with Crippen LogP contribution in [-0.2, 0) is 11.3 Å². The van der Waals surface area contributed by atoms with Crippen molar-refractivity contribution in [3.05, 3.63) is 35.9 Å². The summed E-state index contributed by atoms with van der Waals surface area (Å²) in [5.41, 5.74) is 1.32. The smallest absolute Gasteiger partial charge is 0.317 e. The molecule has 118 valence electrons. The molecule has 2 aliphatic heterocycles. The second-order valence-corrected chi connectivity index (χ2v) is 6.56. The van der Waals surface area contributed by atoms with E-state index in [9.17, 15) is 4.79 Å². The molecular formula is C17H23N3O2. The van der Waals surface area contributed by atoms with Gasteiger partial charge < -0.3 is 15.0 Å². The fourth-order valence-corrected chi connectivity index (χ4v) is 3.43. The molecule has 2 atom stereocenters. The minimum atomic E-state index is 0.0835. The summed E-state index contributed by atoms with van der Waals surface area (Å²) in [5, 5.41) is 3.08. The van der Waals surface area contributed by atoms with E-state index in [2.05, 4.69) is 34.5 Å². The van der Waals surface area contributed by atoms with Crippen LogP contribution in [0.15, 0.2) is 30.3 Å². The molecule has 2 saturated heterocycles. The molecule has 22 heavy (non-hydrogen) atoms. The molecule has 5 nitrogen and oxygen atoms in total. The van der Waals surface area contributed by atoms with Gasteiger partial charge in [0.25, 0.3) is 0 Å². The van der Waals surface area contributed by atoms with Crippen LogP contribution in [0.3, 0.4) is 0 Å². The molecule has 2 amide bonds. The van der Waals surface area contributed by atoms with Gasteiger partial charge in [0.15, 0.2) is 0 Å². The summed E-state index contributed by atoms with van der Waals surface area (Å²) in [6, 6.07) is 11.4. The summed E-state index contributed by atoms with van der Waals surface area (Å²) in [5.74, 6) is 0. The molecule has 1 aromatic carbocycles. The number of hydrogen-bond donors (Lipinski definition) is 1. The van der Waals surface area contributed by atoms with Crippen LogP contribution in [0.5, 0.6) is 0 Å². The van der Waals surface area contributed by atoms with Gasteiger partial charge in [-0.25, -0.2) is 4.79 Å². The lowest BCUT2D eigenvalue weighted by Crippen LogP contribution is -2.50. The number of morpholine rings is 1. The van der Waals surface area contributed by atoms with Gasteiger partial charge in [-0.15, -0.1) is 0 Å². The van der Waals surface area contributed by atoms with Gasteiger partial charge in [0, 0.05) is 25.7 Å². The van der Waals surface area contributed by atoms with Crippen LogP contribution in [0, 0.1) is 0 Å². The van der Waals surface area contributed by atoms with Crippen LogP contribution < -0.4 is 5.32 Å². The first-order valence-electron chi connectivity index (χ1n) is 8.24. The van der Waals surface area contributed by atoms with E-state index in [-0.39, 0.29) is 12.1 Å². The first kappa shape index (κ1) is 14.0. The standard InChI is InChI=1S/C17H23N3O2/c21-17(18-14-6-7-14)20-11-15-16(12-20)22-9-8-19(15)10-13-4-2-1-3-5-13/h1-5,14-16H,6-12H2,(H,18,21)/t15-,16+/m1/s1. The first-order valence-corrected chi connectivity index (χ1v) is 8.24. The lowest BCUT2D eigenvalue weighted by atomic mass is 10.1. The Morgan fingerprint density at radius 1 is 1.23 bits per heavy atom. The van der Waals surface area contributed by atoms with Gasteiger partial charge in [-0.2, -0.15) is 0 Å². The predicted molar refractivity (Wildman–Crippen MR) is 83.5 cm³/mol. The summed E-state index contributed by atoms with van der Waals surface area (Å²) in [4.78, 5) is 16.6. The summed E-state index contributed by atoms with van der Waals surface area (Å²) in [6.07, 6.45) is 2.41. The normalized spacial score (nSPS) is 28.5. The number of likely N-dealkylation sites (tertiary alicyclic amines) is 1. The number of nitrogens with one attached hydrogen (secondary N) is 1. The Hall–Kier alpha value is -1.59. The number of hydrogen-bond acceptors (Lipinski definition) is 3. The molecular weight excluding hydrogens is 278 g/mol. The number of urea groups is 1. The van der Waals surface area contributed by atoms with Crippen LogP contribution >= 0.6 is 0 Å². The minimum absolute atomic E-state index is 0.0835. The number of carbonyl (C=O) groups excluding carboxylic acids is 1. The third-order valence-corrected chi connectivity index (χ3v) is 4.84. The largest absolute Gasteiger partial charge is 0.373 e. The second kappa shape index (κ2) is 5.89. The quantitative estimate of drug-likeness (QED) is 0.919. The van der Waals surface area contributed by atoms with Crippen molar-refractivity contribution < 1.29 is 9.53 Å². The Morgan fingerprint density at radius 3 is 2.82 bits per heavy atom. The topological polar surface area (TPSA) is 44.8 Å². The van der Waals surface area contributed by atoms with Gasteiger partial charge in [0.1, 0.15) is 0 Å². The number of amides is 2. The molecule has 1 aromatic rings. The SMILES string of the molecule is O=C(NC1CC1)N1C[C@@H]2OCCN(Cc3ccccc3)[C@@H]2C1. The van der Waals surface area contributed by atoms with E-state index in [0.717, 1.165) is 39.1 Å². The van der Waals surface area contributed by atoms with Gasteiger partial charge in [-0.05, 0) is 18.4 Å². The van der Waals surface area contributed by atoms with Crippen molar-refractivity contribution in [3.63, 3.8) is 0 Å². The molecule has 0 aromatic heterocycles. The van der Waals surface area contributed by atoms with Gasteiger partial charge in [0.2, 0.25) is 0 Å². The lowest BCUT2D eigenvalue weighted by Gasteiger charge is -2.36. The van der Waals surface area contributed by atoms with Crippen molar-refractivity contribution in [1.82, 2.24) is 15.1 Å². The molecule has 1 saturated carbocycles. The maximum atomic E-state index is 12.2. The minimum Gasteiger partial charge on any atom is -0.373 e. The van der Waals surface area contributed by atoms with E-state index in [4.69, 9.17) is 4.74 Å². The van der Waals surface area contributed by atoms with Crippen LogP contribution in [0.25, 0.3) is 0 Å². The van der Waals surface area contributed by atoms with Gasteiger partial charge >= 0.3 is 6.03 Å². The molecule has 0 unspecified atom stereocenters. The van der Waals surface area contributed by atoms with E-state index in [0.29, 0.717) is 18.6 Å². The highest BCUT2D eigenvalue weighted by atomic mass is 16.5. The van der Waals surface area contributed by atoms with Crippen molar-refractivity contribution in [3.8, 4) is 0 Å². The van der Waals surface area contributed by atoms with E-state index in [1.54, 1.807) is 0 Å². The Kier molecular flexibility index (Phi) is 3.76. The molecule has 0 radical (unpaired) electrons. The fourth-order valence-electron chi connectivity index (χ4n) is 3.43. The number of ether oxygens (including phenoxy) is 1. The van der Waals surface area contributed by atoms with Crippen molar-refractivity contribution in [1.29, 1.82) is 0 Å². The highest BCUT2D eigenvalue weighted by molar-refractivity contribution is 5.75. The molecule has 0 spiro atoms. The number of rotatable bonds is 3. The summed E-state index contributed by atoms with van der Waals surface area (Å²) in [7, 11) is 0. The van der Waals surface area contributed by atoms with Gasteiger partial charge in [0.05, 0.1) is 25.3 Å². The Balaban J connectivity index is 1.41. The summed E-state index contributed by atoms with van der Waals surface area (Å²) < 4.78 is 5.91. The van der Waals surface area contributed by atoms with Crippen LogP contribution in [0.4, 0.5) is 4.79 Å². The first-order chi connectivity index (χ1) is 10.8. The second-order valence-electron chi connectivity index (χ2n) is 6.56. The van der Waals surface area contributed by atoms with E-state index >= 15 is 0 Å². The fraction of sp³-hybridized carbons (Fsp3) is 0.588. The highest BCUT2D eigenvalue weighted by Crippen LogP contribution is 2.25. The van der Waals surface area contributed by atoms with E-state index in [1.807, 2.05) is 11.0 Å². The molecule has 1 aliphatic carbocycles. The van der Waals surface area contributed by atoms with Crippen LogP contribution in [-0.4, -0.2) is 60.3 Å². The molecule has 1 N–H and O–H groups in total. The number of carbonyl (C=O) groups is 1. The highest BCUT2D eigenvalue weighted by Gasteiger charge is 2.42. The molecule has 4 rings (SSSR count). The average Bonchev–Trinajstić information content (AvgIpc) is 3.23. The van der Waals surface area contributed by atoms with Crippen LogP contribution in [0.2, 0.25) is 0 Å². The monoisotopic (exact) mass is 301 g/mol. The Morgan fingerprint density at radius 2 is 2.05 bits per heavy atom. The molecule has 5 heteroatoms. The summed E-state index contributed by atoms with van der Waals surface area (Å²) in [6.45, 7) is 4.12. The Bertz CT molecular complexity index is 532. The van der Waals surface area contributed by atoms with Gasteiger partial charge in [-0.3, -0.25) is 4.90 Å². The maximum absolute atomic E-state index is 12.2. The van der Waals surface area contributed by atoms with Crippen molar-refractivity contribution in [2.24, 2.45) is 0 Å². The summed E-state index contributed by atoms with van der Waals surface area (Å²) >= 11 is 0. The van der Waals surface area contributed by atoms with Gasteiger partial charge in [-0.1, -0.05) is 30.3 Å². The molecule has 0 bridgehead atoms. The zero-order chi connectivity index (χ0) is 14.9.